The number of hydrogen-bond donors (Lipinski definition) is 1. The Morgan fingerprint density at radius 1 is 1.14 bits per heavy atom. The van der Waals surface area contributed by atoms with Crippen LogP contribution in [0.2, 0.25) is 0 Å². The fourth-order valence-electron chi connectivity index (χ4n) is 2.50. The zero-order valence-electron chi connectivity index (χ0n) is 13.0. The van der Waals surface area contributed by atoms with Crippen molar-refractivity contribution in [3.8, 4) is 11.5 Å². The van der Waals surface area contributed by atoms with Crippen molar-refractivity contribution < 1.29 is 17.9 Å². The number of nitrogens with zero attached hydrogens (tertiary/aromatic N) is 2. The summed E-state index contributed by atoms with van der Waals surface area (Å²) in [5.41, 5.74) is 5.54. The first-order valence-corrected chi connectivity index (χ1v) is 8.61. The molecule has 0 bridgehead atoms. The SMILES string of the molecule is COc1ccc(OC)c(S(=O)(=O)N2CCN(CCN)CC2)c1. The molecule has 1 fully saturated rings. The Kier molecular flexibility index (Phi) is 5.63. The summed E-state index contributed by atoms with van der Waals surface area (Å²) in [7, 11) is -0.643. The average Bonchev–Trinajstić information content (AvgIpc) is 2.55. The Morgan fingerprint density at radius 2 is 1.82 bits per heavy atom. The van der Waals surface area contributed by atoms with Crippen molar-refractivity contribution in [3.63, 3.8) is 0 Å². The van der Waals surface area contributed by atoms with Gasteiger partial charge in [0.2, 0.25) is 10.0 Å². The van der Waals surface area contributed by atoms with Crippen LogP contribution in [0.5, 0.6) is 11.5 Å². The highest BCUT2D eigenvalue weighted by molar-refractivity contribution is 7.89. The predicted molar refractivity (Wildman–Crippen MR) is 83.8 cm³/mol. The Hall–Kier alpha value is -1.35. The van der Waals surface area contributed by atoms with Crippen LogP contribution in [0, 0.1) is 0 Å². The van der Waals surface area contributed by atoms with E-state index in [0.29, 0.717) is 44.2 Å². The van der Waals surface area contributed by atoms with Gasteiger partial charge in [-0.2, -0.15) is 4.31 Å². The van der Waals surface area contributed by atoms with Gasteiger partial charge in [-0.05, 0) is 12.1 Å². The van der Waals surface area contributed by atoms with Crippen LogP contribution in [0.1, 0.15) is 0 Å². The quantitative estimate of drug-likeness (QED) is 0.789. The van der Waals surface area contributed by atoms with Crippen LogP contribution < -0.4 is 15.2 Å². The summed E-state index contributed by atoms with van der Waals surface area (Å²) >= 11 is 0. The van der Waals surface area contributed by atoms with Gasteiger partial charge in [0.25, 0.3) is 0 Å². The fraction of sp³-hybridized carbons (Fsp3) is 0.571. The van der Waals surface area contributed by atoms with Gasteiger partial charge in [-0.15, -0.1) is 0 Å². The second-order valence-corrected chi connectivity index (χ2v) is 6.96. The van der Waals surface area contributed by atoms with E-state index in [9.17, 15) is 8.42 Å². The van der Waals surface area contributed by atoms with Crippen LogP contribution in [-0.4, -0.2) is 71.1 Å². The maximum Gasteiger partial charge on any atom is 0.246 e. The lowest BCUT2D eigenvalue weighted by Crippen LogP contribution is -2.49. The van der Waals surface area contributed by atoms with Crippen molar-refractivity contribution in [1.82, 2.24) is 9.21 Å². The maximum absolute atomic E-state index is 12.8. The number of benzene rings is 1. The van der Waals surface area contributed by atoms with Gasteiger partial charge in [-0.3, -0.25) is 4.90 Å². The minimum Gasteiger partial charge on any atom is -0.497 e. The Balaban J connectivity index is 2.24. The molecule has 0 saturated carbocycles. The number of rotatable bonds is 6. The fourth-order valence-corrected chi connectivity index (χ4v) is 4.09. The number of nitrogens with two attached hydrogens (primary N) is 1. The molecule has 0 unspecified atom stereocenters. The summed E-state index contributed by atoms with van der Waals surface area (Å²) in [5.74, 6) is 0.811. The Bertz CT molecular complexity index is 598. The molecule has 22 heavy (non-hydrogen) atoms. The van der Waals surface area contributed by atoms with Crippen LogP contribution in [0.25, 0.3) is 0 Å². The first-order valence-electron chi connectivity index (χ1n) is 7.17. The number of piperazine rings is 1. The van der Waals surface area contributed by atoms with Gasteiger partial charge in [-0.1, -0.05) is 0 Å². The lowest BCUT2D eigenvalue weighted by Gasteiger charge is -2.33. The number of ether oxygens (including phenoxy) is 2. The van der Waals surface area contributed by atoms with Gasteiger partial charge in [0.05, 0.1) is 14.2 Å². The minimum atomic E-state index is -3.61. The van der Waals surface area contributed by atoms with E-state index in [1.807, 2.05) is 0 Å². The third-order valence-corrected chi connectivity index (χ3v) is 5.69. The first kappa shape index (κ1) is 17.0. The largest absolute Gasteiger partial charge is 0.497 e. The van der Waals surface area contributed by atoms with Crippen molar-refractivity contribution in [1.29, 1.82) is 0 Å². The molecule has 0 spiro atoms. The van der Waals surface area contributed by atoms with Gasteiger partial charge in [0, 0.05) is 45.3 Å². The number of methoxy groups -OCH3 is 2. The first-order chi connectivity index (χ1) is 10.5. The molecule has 2 N–H and O–H groups in total. The molecule has 0 radical (unpaired) electrons. The third kappa shape index (κ3) is 3.52. The molecule has 1 heterocycles. The van der Waals surface area contributed by atoms with Gasteiger partial charge >= 0.3 is 0 Å². The molecule has 1 aliphatic rings. The predicted octanol–water partition coefficient (Wildman–Crippen LogP) is -0.0312. The molecular formula is C14H23N3O4S. The van der Waals surface area contributed by atoms with E-state index >= 15 is 0 Å². The summed E-state index contributed by atoms with van der Waals surface area (Å²) in [6, 6.07) is 4.79. The van der Waals surface area contributed by atoms with Crippen LogP contribution in [0.3, 0.4) is 0 Å². The van der Waals surface area contributed by atoms with Crippen LogP contribution in [0.4, 0.5) is 0 Å². The van der Waals surface area contributed by atoms with E-state index in [1.165, 1.54) is 24.6 Å². The van der Waals surface area contributed by atoms with Crippen molar-refractivity contribution in [2.75, 3.05) is 53.5 Å². The van der Waals surface area contributed by atoms with E-state index in [1.54, 1.807) is 12.1 Å². The van der Waals surface area contributed by atoms with Crippen molar-refractivity contribution in [2.24, 2.45) is 5.73 Å². The van der Waals surface area contributed by atoms with Gasteiger partial charge in [-0.25, -0.2) is 8.42 Å². The third-order valence-electron chi connectivity index (χ3n) is 3.77. The van der Waals surface area contributed by atoms with Crippen molar-refractivity contribution in [3.05, 3.63) is 18.2 Å². The van der Waals surface area contributed by atoms with Gasteiger partial charge in [0.15, 0.2) is 0 Å². The van der Waals surface area contributed by atoms with E-state index < -0.39 is 10.0 Å². The molecule has 1 aliphatic heterocycles. The maximum atomic E-state index is 12.8. The van der Waals surface area contributed by atoms with Gasteiger partial charge < -0.3 is 15.2 Å². The molecule has 1 aromatic carbocycles. The Morgan fingerprint density at radius 3 is 2.36 bits per heavy atom. The zero-order valence-corrected chi connectivity index (χ0v) is 13.8. The second kappa shape index (κ2) is 7.28. The molecule has 2 rings (SSSR count). The van der Waals surface area contributed by atoms with Crippen LogP contribution in [0.15, 0.2) is 23.1 Å². The molecule has 1 aromatic rings. The topological polar surface area (TPSA) is 85.1 Å². The smallest absolute Gasteiger partial charge is 0.246 e. The normalized spacial score (nSPS) is 17.4. The Labute approximate surface area is 131 Å². The highest BCUT2D eigenvalue weighted by atomic mass is 32.2. The summed E-state index contributed by atoms with van der Waals surface area (Å²) in [6.07, 6.45) is 0. The minimum absolute atomic E-state index is 0.140. The van der Waals surface area contributed by atoms with Crippen molar-refractivity contribution in [2.45, 2.75) is 4.90 Å². The van der Waals surface area contributed by atoms with E-state index in [2.05, 4.69) is 4.90 Å². The summed E-state index contributed by atoms with van der Waals surface area (Å²) in [5, 5.41) is 0. The van der Waals surface area contributed by atoms with E-state index in [-0.39, 0.29) is 4.90 Å². The van der Waals surface area contributed by atoms with Crippen molar-refractivity contribution >= 4 is 10.0 Å². The highest BCUT2D eigenvalue weighted by Crippen LogP contribution is 2.30. The number of sulfonamides is 1. The molecular weight excluding hydrogens is 306 g/mol. The lowest BCUT2D eigenvalue weighted by molar-refractivity contribution is 0.192. The molecule has 0 aromatic heterocycles. The molecule has 0 amide bonds. The van der Waals surface area contributed by atoms with Crippen LogP contribution in [-0.2, 0) is 10.0 Å². The monoisotopic (exact) mass is 329 g/mol. The molecule has 1 saturated heterocycles. The molecule has 8 heteroatoms. The summed E-state index contributed by atoms with van der Waals surface area (Å²) in [4.78, 5) is 2.30. The van der Waals surface area contributed by atoms with E-state index in [0.717, 1.165) is 6.54 Å². The standard InChI is InChI=1S/C14H23N3O4S/c1-20-12-3-4-13(21-2)14(11-12)22(18,19)17-9-7-16(6-5-15)8-10-17/h3-4,11H,5-10,15H2,1-2H3. The molecule has 7 nitrogen and oxygen atoms in total. The lowest BCUT2D eigenvalue weighted by atomic mass is 10.3. The van der Waals surface area contributed by atoms with Gasteiger partial charge in [0.1, 0.15) is 16.4 Å². The summed E-state index contributed by atoms with van der Waals surface area (Å²) < 4.78 is 37.5. The van der Waals surface area contributed by atoms with E-state index in [4.69, 9.17) is 15.2 Å². The summed E-state index contributed by atoms with van der Waals surface area (Å²) in [6.45, 7) is 3.63. The second-order valence-electron chi connectivity index (χ2n) is 5.05. The molecule has 0 aliphatic carbocycles. The number of hydrogen-bond acceptors (Lipinski definition) is 6. The average molecular weight is 329 g/mol. The molecule has 0 atom stereocenters. The highest BCUT2D eigenvalue weighted by Gasteiger charge is 2.31. The molecule has 124 valence electrons. The zero-order chi connectivity index (χ0) is 16.2. The van der Waals surface area contributed by atoms with Crippen LogP contribution >= 0.6 is 0 Å².